The number of carbonyl (C=O) groups excluding carboxylic acids is 1. The predicted molar refractivity (Wildman–Crippen MR) is 88.1 cm³/mol. The molecule has 1 heterocycles. The summed E-state index contributed by atoms with van der Waals surface area (Å²) in [6, 6.07) is 5.29. The molecule has 0 saturated heterocycles. The van der Waals surface area contributed by atoms with Gasteiger partial charge in [0.1, 0.15) is 6.10 Å². The van der Waals surface area contributed by atoms with E-state index in [1.165, 1.54) is 7.11 Å². The van der Waals surface area contributed by atoms with E-state index in [-0.39, 0.29) is 11.7 Å². The first-order chi connectivity index (χ1) is 11.0. The Hall–Kier alpha value is -2.89. The lowest BCUT2D eigenvalue weighted by Gasteiger charge is -2.18. The van der Waals surface area contributed by atoms with E-state index in [1.54, 1.807) is 38.3 Å². The molecule has 1 aromatic heterocycles. The van der Waals surface area contributed by atoms with E-state index in [4.69, 9.17) is 15.2 Å². The lowest BCUT2D eigenvalue weighted by atomic mass is 10.00. The Labute approximate surface area is 135 Å². The zero-order valence-corrected chi connectivity index (χ0v) is 13.4. The number of benzene rings is 1. The molecule has 1 atom stereocenters. The molecule has 0 saturated carbocycles. The van der Waals surface area contributed by atoms with Gasteiger partial charge in [0.05, 0.1) is 24.6 Å². The molecule has 1 aromatic carbocycles. The first-order valence-electron chi connectivity index (χ1n) is 7.06. The fourth-order valence-corrected chi connectivity index (χ4v) is 2.12. The van der Waals surface area contributed by atoms with Crippen molar-refractivity contribution in [2.45, 2.75) is 20.0 Å². The lowest BCUT2D eigenvalue weighted by Crippen LogP contribution is -2.13. The van der Waals surface area contributed by atoms with Crippen LogP contribution in [-0.4, -0.2) is 23.0 Å². The Morgan fingerprint density at radius 1 is 1.43 bits per heavy atom. The SMILES string of the molecule is C=Cc1ccc(C(=O)OC)c(C(C)Oc2nc(C)cnc2N)c1. The number of hydrogen-bond acceptors (Lipinski definition) is 6. The van der Waals surface area contributed by atoms with Crippen molar-refractivity contribution in [1.82, 2.24) is 9.97 Å². The molecule has 2 aromatic rings. The van der Waals surface area contributed by atoms with Crippen LogP contribution in [0.1, 0.15) is 40.2 Å². The van der Waals surface area contributed by atoms with E-state index in [0.717, 1.165) is 5.56 Å². The highest BCUT2D eigenvalue weighted by Gasteiger charge is 2.20. The molecular weight excluding hydrogens is 294 g/mol. The topological polar surface area (TPSA) is 87.3 Å². The van der Waals surface area contributed by atoms with Crippen molar-refractivity contribution in [2.75, 3.05) is 12.8 Å². The molecule has 23 heavy (non-hydrogen) atoms. The van der Waals surface area contributed by atoms with Crippen molar-refractivity contribution in [3.63, 3.8) is 0 Å². The van der Waals surface area contributed by atoms with E-state index in [0.29, 0.717) is 16.8 Å². The van der Waals surface area contributed by atoms with Crippen molar-refractivity contribution >= 4 is 17.9 Å². The Bertz CT molecular complexity index is 744. The summed E-state index contributed by atoms with van der Waals surface area (Å²) in [6.07, 6.45) is 2.78. The van der Waals surface area contributed by atoms with Gasteiger partial charge in [-0.1, -0.05) is 18.7 Å². The minimum Gasteiger partial charge on any atom is -0.467 e. The molecule has 0 aliphatic carbocycles. The summed E-state index contributed by atoms with van der Waals surface area (Å²) in [5.74, 6) is -0.00590. The molecule has 0 aliphatic heterocycles. The highest BCUT2D eigenvalue weighted by atomic mass is 16.5. The van der Waals surface area contributed by atoms with Gasteiger partial charge in [0.15, 0.2) is 5.82 Å². The maximum absolute atomic E-state index is 12.0. The van der Waals surface area contributed by atoms with Gasteiger partial charge < -0.3 is 15.2 Å². The summed E-state index contributed by atoms with van der Waals surface area (Å²) >= 11 is 0. The largest absolute Gasteiger partial charge is 0.467 e. The quantitative estimate of drug-likeness (QED) is 0.854. The molecule has 0 aliphatic rings. The molecule has 0 spiro atoms. The number of rotatable bonds is 5. The summed E-state index contributed by atoms with van der Waals surface area (Å²) in [6.45, 7) is 7.33. The van der Waals surface area contributed by atoms with Crippen LogP contribution in [0.15, 0.2) is 31.0 Å². The van der Waals surface area contributed by atoms with Crippen LogP contribution >= 0.6 is 0 Å². The number of anilines is 1. The normalized spacial score (nSPS) is 11.6. The van der Waals surface area contributed by atoms with E-state index >= 15 is 0 Å². The van der Waals surface area contributed by atoms with Gasteiger partial charge >= 0.3 is 5.97 Å². The fraction of sp³-hybridized carbons (Fsp3) is 0.235. The molecular formula is C17H19N3O3. The number of aryl methyl sites for hydroxylation is 1. The minimum atomic E-state index is -0.470. The number of methoxy groups -OCH3 is 1. The van der Waals surface area contributed by atoms with Crippen molar-refractivity contribution < 1.29 is 14.3 Å². The van der Waals surface area contributed by atoms with Crippen molar-refractivity contribution in [2.24, 2.45) is 0 Å². The second-order valence-electron chi connectivity index (χ2n) is 5.00. The van der Waals surface area contributed by atoms with Crippen LogP contribution in [-0.2, 0) is 4.74 Å². The van der Waals surface area contributed by atoms with Crippen LogP contribution < -0.4 is 10.5 Å². The van der Waals surface area contributed by atoms with E-state index in [9.17, 15) is 4.79 Å². The fourth-order valence-electron chi connectivity index (χ4n) is 2.12. The van der Waals surface area contributed by atoms with Gasteiger partial charge in [-0.25, -0.2) is 14.8 Å². The van der Waals surface area contributed by atoms with Crippen LogP contribution in [0.5, 0.6) is 5.88 Å². The summed E-state index contributed by atoms with van der Waals surface area (Å²) in [5.41, 5.74) is 8.43. The number of nitrogens with two attached hydrogens (primary N) is 1. The Balaban J connectivity index is 2.40. The third-order valence-electron chi connectivity index (χ3n) is 3.33. The maximum atomic E-state index is 12.0. The lowest BCUT2D eigenvalue weighted by molar-refractivity contribution is 0.0595. The molecule has 2 N–H and O–H groups in total. The summed E-state index contributed by atoms with van der Waals surface area (Å²) in [7, 11) is 1.34. The number of ether oxygens (including phenoxy) is 2. The highest BCUT2D eigenvalue weighted by molar-refractivity contribution is 5.91. The number of esters is 1. The Morgan fingerprint density at radius 3 is 2.83 bits per heavy atom. The number of hydrogen-bond donors (Lipinski definition) is 1. The molecule has 0 fully saturated rings. The second-order valence-corrected chi connectivity index (χ2v) is 5.00. The average molecular weight is 313 g/mol. The Morgan fingerprint density at radius 2 is 2.17 bits per heavy atom. The first kappa shape index (κ1) is 16.5. The monoisotopic (exact) mass is 313 g/mol. The van der Waals surface area contributed by atoms with Gasteiger partial charge in [-0.05, 0) is 31.5 Å². The van der Waals surface area contributed by atoms with Crippen molar-refractivity contribution in [1.29, 1.82) is 0 Å². The molecule has 0 amide bonds. The van der Waals surface area contributed by atoms with Crippen molar-refractivity contribution in [3.8, 4) is 5.88 Å². The predicted octanol–water partition coefficient (Wildman–Crippen LogP) is 2.94. The second kappa shape index (κ2) is 6.91. The van der Waals surface area contributed by atoms with Crippen LogP contribution in [0, 0.1) is 6.92 Å². The molecule has 0 radical (unpaired) electrons. The zero-order valence-electron chi connectivity index (χ0n) is 13.4. The summed E-state index contributed by atoms with van der Waals surface area (Å²) in [5, 5.41) is 0. The van der Waals surface area contributed by atoms with E-state index in [1.807, 2.05) is 6.07 Å². The minimum absolute atomic E-state index is 0.196. The molecule has 120 valence electrons. The molecule has 0 bridgehead atoms. The number of nitrogen functional groups attached to an aromatic ring is 1. The van der Waals surface area contributed by atoms with Gasteiger partial charge in [-0.3, -0.25) is 0 Å². The zero-order chi connectivity index (χ0) is 17.0. The van der Waals surface area contributed by atoms with Crippen LogP contribution in [0.3, 0.4) is 0 Å². The summed E-state index contributed by atoms with van der Waals surface area (Å²) in [4.78, 5) is 20.2. The van der Waals surface area contributed by atoms with Gasteiger partial charge in [0.25, 0.3) is 5.88 Å². The van der Waals surface area contributed by atoms with Crippen LogP contribution in [0.25, 0.3) is 6.08 Å². The Kier molecular flexibility index (Phi) is 4.95. The van der Waals surface area contributed by atoms with Gasteiger partial charge in [0, 0.05) is 5.56 Å². The number of nitrogens with zero attached hydrogens (tertiary/aromatic N) is 2. The van der Waals surface area contributed by atoms with E-state index < -0.39 is 12.1 Å². The van der Waals surface area contributed by atoms with Gasteiger partial charge in [-0.15, -0.1) is 0 Å². The molecule has 2 rings (SSSR count). The van der Waals surface area contributed by atoms with Gasteiger partial charge in [0.2, 0.25) is 0 Å². The standard InChI is InChI=1S/C17H19N3O3/c1-5-12-6-7-13(17(21)22-4)14(8-12)11(3)23-16-15(18)19-9-10(2)20-16/h5-9,11H,1H2,2-4H3,(H2,18,19). The molecule has 6 nitrogen and oxygen atoms in total. The van der Waals surface area contributed by atoms with Crippen molar-refractivity contribution in [3.05, 3.63) is 53.4 Å². The van der Waals surface area contributed by atoms with E-state index in [2.05, 4.69) is 16.5 Å². The smallest absolute Gasteiger partial charge is 0.338 e. The first-order valence-corrected chi connectivity index (χ1v) is 7.06. The third-order valence-corrected chi connectivity index (χ3v) is 3.33. The van der Waals surface area contributed by atoms with Crippen LogP contribution in [0.4, 0.5) is 5.82 Å². The summed E-state index contributed by atoms with van der Waals surface area (Å²) < 4.78 is 10.6. The highest BCUT2D eigenvalue weighted by Crippen LogP contribution is 2.27. The number of carbonyl (C=O) groups is 1. The number of aromatic nitrogens is 2. The molecule has 6 heteroatoms. The third kappa shape index (κ3) is 3.66. The average Bonchev–Trinajstić information content (AvgIpc) is 2.56. The molecule has 1 unspecified atom stereocenters. The van der Waals surface area contributed by atoms with Crippen LogP contribution in [0.2, 0.25) is 0 Å². The van der Waals surface area contributed by atoms with Gasteiger partial charge in [-0.2, -0.15) is 0 Å². The maximum Gasteiger partial charge on any atom is 0.338 e.